The number of amides is 1. The first-order chi connectivity index (χ1) is 18.0. The number of nitrogens with one attached hydrogen (secondary N) is 1. The molecule has 37 heavy (non-hydrogen) atoms. The first kappa shape index (κ1) is 25.5. The summed E-state index contributed by atoms with van der Waals surface area (Å²) >= 11 is 0. The number of rotatable bonds is 8. The van der Waals surface area contributed by atoms with Gasteiger partial charge in [-0.2, -0.15) is 0 Å². The van der Waals surface area contributed by atoms with E-state index in [9.17, 15) is 9.59 Å². The largest absolute Gasteiger partial charge is 0.395 e. The number of hydrogen-bond acceptors (Lipinski definition) is 4. The maximum absolute atomic E-state index is 13.1. The third-order valence-corrected chi connectivity index (χ3v) is 8.25. The lowest BCUT2D eigenvalue weighted by atomic mass is 9.86. The Morgan fingerprint density at radius 2 is 2.03 bits per heavy atom. The molecule has 1 aliphatic heterocycles. The molecule has 0 radical (unpaired) electrons. The van der Waals surface area contributed by atoms with Gasteiger partial charge in [-0.05, 0) is 99.3 Å². The predicted molar refractivity (Wildman–Crippen MR) is 147 cm³/mol. The van der Waals surface area contributed by atoms with E-state index >= 15 is 0 Å². The molecule has 1 fully saturated rings. The smallest absolute Gasteiger partial charge is 0.251 e. The number of hydrogen-bond donors (Lipinski definition) is 2. The number of Topliss-reactive ketones (excluding diaryl/α,β-unsaturated/α-hetero) is 1. The fourth-order valence-electron chi connectivity index (χ4n) is 5.86. The highest BCUT2D eigenvalue weighted by atomic mass is 16.3. The first-order valence-corrected chi connectivity index (χ1v) is 13.9. The quantitative estimate of drug-likeness (QED) is 0.574. The van der Waals surface area contributed by atoms with E-state index in [1.807, 2.05) is 25.3 Å². The van der Waals surface area contributed by atoms with E-state index < -0.39 is 0 Å². The fourth-order valence-corrected chi connectivity index (χ4v) is 5.86. The second kappa shape index (κ2) is 11.5. The van der Waals surface area contributed by atoms with Crippen LogP contribution >= 0.6 is 0 Å². The van der Waals surface area contributed by atoms with Crippen molar-refractivity contribution in [1.82, 2.24) is 10.2 Å². The molecular formula is C32H38N2O3. The molecule has 1 saturated carbocycles. The molecule has 1 aromatic carbocycles. The van der Waals surface area contributed by atoms with Crippen LogP contribution in [0.25, 0.3) is 11.9 Å². The summed E-state index contributed by atoms with van der Waals surface area (Å²) in [6.45, 7) is 3.04. The summed E-state index contributed by atoms with van der Waals surface area (Å²) in [4.78, 5) is 27.8. The minimum Gasteiger partial charge on any atom is -0.395 e. The number of benzene rings is 1. The molecule has 0 bridgehead atoms. The van der Waals surface area contributed by atoms with E-state index in [0.29, 0.717) is 17.4 Å². The Morgan fingerprint density at radius 1 is 1.16 bits per heavy atom. The Balaban J connectivity index is 1.20. The van der Waals surface area contributed by atoms with Crippen LogP contribution in [0.15, 0.2) is 53.8 Å². The summed E-state index contributed by atoms with van der Waals surface area (Å²) in [7, 11) is 0. The van der Waals surface area contributed by atoms with Crippen LogP contribution < -0.4 is 15.8 Å². The molecule has 0 spiro atoms. The lowest BCUT2D eigenvalue weighted by Gasteiger charge is -2.26. The number of ketones is 1. The molecule has 194 valence electrons. The molecule has 0 aromatic heterocycles. The van der Waals surface area contributed by atoms with Crippen LogP contribution in [-0.2, 0) is 4.79 Å². The first-order valence-electron chi connectivity index (χ1n) is 13.9. The van der Waals surface area contributed by atoms with Gasteiger partial charge < -0.3 is 15.3 Å². The van der Waals surface area contributed by atoms with E-state index in [4.69, 9.17) is 5.11 Å². The van der Waals surface area contributed by atoms with Crippen molar-refractivity contribution in [2.24, 2.45) is 17.8 Å². The zero-order valence-corrected chi connectivity index (χ0v) is 21.8. The topological polar surface area (TPSA) is 69.6 Å². The number of carbonyl (C=O) groups is 2. The van der Waals surface area contributed by atoms with Gasteiger partial charge in [-0.25, -0.2) is 0 Å². The summed E-state index contributed by atoms with van der Waals surface area (Å²) in [6, 6.07) is 3.76. The number of aliphatic hydroxyl groups is 1. The summed E-state index contributed by atoms with van der Waals surface area (Å²) in [6.07, 6.45) is 21.5. The van der Waals surface area contributed by atoms with Crippen LogP contribution in [0.4, 0.5) is 0 Å². The van der Waals surface area contributed by atoms with Crippen molar-refractivity contribution in [3.05, 3.63) is 75.3 Å². The number of aliphatic hydroxyl groups excluding tert-OH is 1. The van der Waals surface area contributed by atoms with Gasteiger partial charge in [0.15, 0.2) is 5.78 Å². The average Bonchev–Trinajstić information content (AvgIpc) is 3.75. The van der Waals surface area contributed by atoms with E-state index in [0.717, 1.165) is 78.1 Å². The van der Waals surface area contributed by atoms with Crippen LogP contribution in [0.2, 0.25) is 0 Å². The zero-order valence-electron chi connectivity index (χ0n) is 21.8. The van der Waals surface area contributed by atoms with Gasteiger partial charge in [0.05, 0.1) is 6.61 Å². The molecule has 1 heterocycles. The van der Waals surface area contributed by atoms with Crippen LogP contribution in [0.1, 0.15) is 67.3 Å². The number of nitrogens with zero attached hydrogens (tertiary/aromatic N) is 1. The highest BCUT2D eigenvalue weighted by Crippen LogP contribution is 2.41. The van der Waals surface area contributed by atoms with Gasteiger partial charge in [-0.3, -0.25) is 9.59 Å². The van der Waals surface area contributed by atoms with E-state index in [-0.39, 0.29) is 24.8 Å². The zero-order chi connectivity index (χ0) is 25.8. The second-order valence-corrected chi connectivity index (χ2v) is 10.9. The average molecular weight is 499 g/mol. The van der Waals surface area contributed by atoms with Gasteiger partial charge in [0.2, 0.25) is 0 Å². The van der Waals surface area contributed by atoms with E-state index in [1.54, 1.807) is 0 Å². The summed E-state index contributed by atoms with van der Waals surface area (Å²) in [5.41, 5.74) is 6.82. The summed E-state index contributed by atoms with van der Waals surface area (Å²) < 4.78 is 0. The molecule has 4 aliphatic rings. The van der Waals surface area contributed by atoms with Crippen molar-refractivity contribution in [2.45, 2.75) is 58.3 Å². The van der Waals surface area contributed by atoms with Crippen molar-refractivity contribution < 1.29 is 14.7 Å². The van der Waals surface area contributed by atoms with Crippen LogP contribution in [-0.4, -0.2) is 41.4 Å². The molecule has 5 heteroatoms. The van der Waals surface area contributed by atoms with Crippen LogP contribution in [0.5, 0.6) is 0 Å². The SMILES string of the molecule is Cc1c(C(=O)NCCO)ccc2c1=CN(CC1CCC=C(C(=O)C3=CCC(C4CC4)C=C3)CCC1)C=C=2. The Morgan fingerprint density at radius 3 is 2.78 bits per heavy atom. The maximum Gasteiger partial charge on any atom is 0.251 e. The van der Waals surface area contributed by atoms with Gasteiger partial charge in [0, 0.05) is 47.1 Å². The molecule has 2 atom stereocenters. The highest BCUT2D eigenvalue weighted by molar-refractivity contribution is 6.10. The lowest BCUT2D eigenvalue weighted by Crippen LogP contribution is -2.37. The van der Waals surface area contributed by atoms with Crippen LogP contribution in [0.3, 0.4) is 0 Å². The number of fused-ring (bicyclic) bond motifs is 1. The second-order valence-electron chi connectivity index (χ2n) is 10.9. The van der Waals surface area contributed by atoms with Gasteiger partial charge >= 0.3 is 0 Å². The molecule has 2 N–H and O–H groups in total. The highest BCUT2D eigenvalue weighted by Gasteiger charge is 2.30. The molecule has 2 unspecified atom stereocenters. The van der Waals surface area contributed by atoms with Crippen molar-refractivity contribution in [3.8, 4) is 0 Å². The van der Waals surface area contributed by atoms with E-state index in [2.05, 4.69) is 46.5 Å². The minimum absolute atomic E-state index is 0.0753. The van der Waals surface area contributed by atoms with Crippen molar-refractivity contribution in [1.29, 1.82) is 0 Å². The van der Waals surface area contributed by atoms with Gasteiger partial charge in [0.1, 0.15) is 0 Å². The Hall–Kier alpha value is -3.14. The summed E-state index contributed by atoms with van der Waals surface area (Å²) in [5.74, 6) is 2.10. The third-order valence-electron chi connectivity index (χ3n) is 8.25. The normalized spacial score (nSPS) is 23.0. The van der Waals surface area contributed by atoms with Gasteiger partial charge in [0.25, 0.3) is 5.91 Å². The molecule has 1 amide bonds. The number of carbonyl (C=O) groups excluding carboxylic acids is 2. The standard InChI is InChI=1S/C32H38N2O3/c1-22-29(32(37)33-17-19-35)15-14-26-16-18-34(21-30(22)26)20-23-4-2-6-27(7-3-5-23)31(36)28-12-10-25(11-13-28)24-8-9-24/h6,10,12-15,18,21,23-25,35H,2-5,7-9,11,17,19-20H2,1H3,(H,33,37). The molecule has 1 aromatic rings. The van der Waals surface area contributed by atoms with Crippen molar-refractivity contribution in [2.75, 3.05) is 19.7 Å². The Bertz CT molecular complexity index is 1310. The lowest BCUT2D eigenvalue weighted by molar-refractivity contribution is -0.112. The Kier molecular flexibility index (Phi) is 7.93. The fraction of sp³-hybridized carbons (Fsp3) is 0.469. The van der Waals surface area contributed by atoms with Crippen molar-refractivity contribution >= 4 is 23.6 Å². The van der Waals surface area contributed by atoms with Crippen molar-refractivity contribution in [3.63, 3.8) is 0 Å². The van der Waals surface area contributed by atoms with Gasteiger partial charge in [-0.1, -0.05) is 30.0 Å². The molecular weight excluding hydrogens is 460 g/mol. The molecule has 0 saturated heterocycles. The molecule has 3 aliphatic carbocycles. The number of allylic oxidation sites excluding steroid dienone is 6. The Labute approximate surface area is 219 Å². The molecule has 5 rings (SSSR count). The third kappa shape index (κ3) is 6.06. The van der Waals surface area contributed by atoms with E-state index in [1.165, 1.54) is 12.8 Å². The van der Waals surface area contributed by atoms with Crippen LogP contribution in [0, 0.1) is 24.7 Å². The predicted octanol–water partition coefficient (Wildman–Crippen LogP) is 3.65. The summed E-state index contributed by atoms with van der Waals surface area (Å²) in [5, 5.41) is 13.8. The van der Waals surface area contributed by atoms with Gasteiger partial charge in [-0.15, -0.1) is 0 Å². The maximum atomic E-state index is 13.1. The minimum atomic E-state index is -0.164. The molecule has 5 nitrogen and oxygen atoms in total. The monoisotopic (exact) mass is 498 g/mol.